The van der Waals surface area contributed by atoms with Crippen LogP contribution in [0.4, 0.5) is 0 Å². The molecule has 0 bridgehead atoms. The Kier molecular flexibility index (Phi) is 14.0. The van der Waals surface area contributed by atoms with Gasteiger partial charge in [0.05, 0.1) is 65.1 Å². The number of methoxy groups -OCH3 is 3. The van der Waals surface area contributed by atoms with Gasteiger partial charge in [0.15, 0.2) is 0 Å². The second kappa shape index (κ2) is 17.9. The Labute approximate surface area is 285 Å². The van der Waals surface area contributed by atoms with Crippen molar-refractivity contribution in [3.05, 3.63) is 108 Å². The van der Waals surface area contributed by atoms with E-state index in [0.29, 0.717) is 32.8 Å². The summed E-state index contributed by atoms with van der Waals surface area (Å²) >= 11 is 0. The van der Waals surface area contributed by atoms with Crippen LogP contribution in [0.25, 0.3) is 0 Å². The molecule has 1 aliphatic heterocycles. The molecule has 0 aliphatic carbocycles. The molecule has 3 aromatic rings. The third kappa shape index (κ3) is 9.89. The molecule has 3 aromatic carbocycles. The van der Waals surface area contributed by atoms with Gasteiger partial charge in [-0.15, -0.1) is 0 Å². The summed E-state index contributed by atoms with van der Waals surface area (Å²) in [6.45, 7) is 7.37. The van der Waals surface area contributed by atoms with Gasteiger partial charge in [0.1, 0.15) is 17.6 Å². The van der Waals surface area contributed by atoms with Crippen LogP contribution >= 0.6 is 0 Å². The molecule has 48 heavy (non-hydrogen) atoms. The van der Waals surface area contributed by atoms with Gasteiger partial charge in [-0.2, -0.15) is 0 Å². The third-order valence-corrected chi connectivity index (χ3v) is 8.98. The molecule has 0 saturated carbocycles. The monoisotopic (exact) mass is 664 g/mol. The average Bonchev–Trinajstić information content (AvgIpc) is 3.11. The fraction of sp³-hybridized carbons (Fsp3) is 0.487. The van der Waals surface area contributed by atoms with Crippen LogP contribution in [-0.4, -0.2) is 74.5 Å². The Balaban J connectivity index is 1.45. The van der Waals surface area contributed by atoms with Crippen LogP contribution in [0.2, 0.25) is 0 Å². The van der Waals surface area contributed by atoms with E-state index in [-0.39, 0.29) is 18.6 Å². The SMILES string of the molecule is COc1ccc(COCC=CC(C)(C)[C@]2(OC)OC(C[C@@H](OCc3ccc(OC)cc3)[C@@H](C)OCc3ccccc3)C[C@H](O)[C@@H]2O)cc1. The van der Waals surface area contributed by atoms with Crippen molar-refractivity contribution < 1.29 is 43.4 Å². The highest BCUT2D eigenvalue weighted by Crippen LogP contribution is 2.45. The van der Waals surface area contributed by atoms with Crippen molar-refractivity contribution in [2.45, 2.75) is 89.7 Å². The normalized spacial score (nSPS) is 22.8. The van der Waals surface area contributed by atoms with Gasteiger partial charge in [0, 0.05) is 25.4 Å². The summed E-state index contributed by atoms with van der Waals surface area (Å²) in [6.07, 6.45) is 0.867. The Morgan fingerprint density at radius 2 is 1.38 bits per heavy atom. The van der Waals surface area contributed by atoms with Crippen LogP contribution in [0.15, 0.2) is 91.0 Å². The van der Waals surface area contributed by atoms with Crippen molar-refractivity contribution >= 4 is 0 Å². The lowest BCUT2D eigenvalue weighted by atomic mass is 9.75. The predicted molar refractivity (Wildman–Crippen MR) is 184 cm³/mol. The van der Waals surface area contributed by atoms with Crippen LogP contribution < -0.4 is 9.47 Å². The average molecular weight is 665 g/mol. The minimum atomic E-state index is -1.53. The molecule has 0 spiro atoms. The zero-order valence-corrected chi connectivity index (χ0v) is 29.0. The first kappa shape index (κ1) is 37.5. The summed E-state index contributed by atoms with van der Waals surface area (Å²) < 4.78 is 41.8. The molecule has 0 amide bonds. The summed E-state index contributed by atoms with van der Waals surface area (Å²) in [4.78, 5) is 0. The molecule has 1 fully saturated rings. The maximum absolute atomic E-state index is 11.3. The maximum Gasteiger partial charge on any atom is 0.205 e. The molecule has 1 aliphatic rings. The van der Waals surface area contributed by atoms with Crippen LogP contribution in [0.1, 0.15) is 50.3 Å². The Morgan fingerprint density at radius 3 is 1.96 bits per heavy atom. The second-order valence-electron chi connectivity index (χ2n) is 12.8. The van der Waals surface area contributed by atoms with E-state index in [1.165, 1.54) is 7.11 Å². The first-order valence-electron chi connectivity index (χ1n) is 16.5. The second-order valence-corrected chi connectivity index (χ2v) is 12.8. The summed E-state index contributed by atoms with van der Waals surface area (Å²) in [5, 5.41) is 22.5. The summed E-state index contributed by atoms with van der Waals surface area (Å²) in [6, 6.07) is 25.4. The Morgan fingerprint density at radius 1 is 0.812 bits per heavy atom. The van der Waals surface area contributed by atoms with E-state index in [1.54, 1.807) is 14.2 Å². The highest BCUT2D eigenvalue weighted by Gasteiger charge is 2.58. The zero-order chi connectivity index (χ0) is 34.6. The van der Waals surface area contributed by atoms with Gasteiger partial charge in [-0.1, -0.05) is 80.6 Å². The number of benzene rings is 3. The zero-order valence-electron chi connectivity index (χ0n) is 29.0. The van der Waals surface area contributed by atoms with Crippen LogP contribution in [0, 0.1) is 5.41 Å². The minimum absolute atomic E-state index is 0.213. The fourth-order valence-corrected chi connectivity index (χ4v) is 6.04. The molecule has 0 aromatic heterocycles. The first-order chi connectivity index (χ1) is 23.1. The van der Waals surface area contributed by atoms with Gasteiger partial charge in [0.25, 0.3) is 0 Å². The molecular weight excluding hydrogens is 612 g/mol. The molecule has 2 N–H and O–H groups in total. The largest absolute Gasteiger partial charge is 0.497 e. The van der Waals surface area contributed by atoms with Gasteiger partial charge >= 0.3 is 0 Å². The lowest BCUT2D eigenvalue weighted by Crippen LogP contribution is -2.65. The summed E-state index contributed by atoms with van der Waals surface area (Å²) in [5.41, 5.74) is 2.23. The summed E-state index contributed by atoms with van der Waals surface area (Å²) in [7, 11) is 4.77. The van der Waals surface area contributed by atoms with E-state index in [4.69, 9.17) is 33.2 Å². The van der Waals surface area contributed by atoms with Crippen LogP contribution in [-0.2, 0) is 43.5 Å². The van der Waals surface area contributed by atoms with E-state index < -0.39 is 29.5 Å². The first-order valence-corrected chi connectivity index (χ1v) is 16.5. The van der Waals surface area contributed by atoms with Crippen molar-refractivity contribution in [2.75, 3.05) is 27.9 Å². The third-order valence-electron chi connectivity index (χ3n) is 8.98. The van der Waals surface area contributed by atoms with Gasteiger partial charge in [-0.3, -0.25) is 0 Å². The molecule has 262 valence electrons. The van der Waals surface area contributed by atoms with Crippen LogP contribution in [0.5, 0.6) is 11.5 Å². The quantitative estimate of drug-likeness (QED) is 0.121. The number of ether oxygens (including phenoxy) is 7. The van der Waals surface area contributed by atoms with Gasteiger partial charge < -0.3 is 43.4 Å². The maximum atomic E-state index is 11.3. The highest BCUT2D eigenvalue weighted by atomic mass is 16.7. The number of aliphatic hydroxyl groups is 2. The summed E-state index contributed by atoms with van der Waals surface area (Å²) in [5.74, 6) is 0.0340. The lowest BCUT2D eigenvalue weighted by Gasteiger charge is -2.53. The van der Waals surface area contributed by atoms with E-state index in [0.717, 1.165) is 28.2 Å². The number of rotatable bonds is 18. The predicted octanol–water partition coefficient (Wildman–Crippen LogP) is 6.24. The van der Waals surface area contributed by atoms with E-state index >= 15 is 0 Å². The molecule has 4 rings (SSSR count). The molecule has 9 heteroatoms. The molecule has 1 heterocycles. The Hall–Kier alpha value is -3.28. The topological polar surface area (TPSA) is 105 Å². The van der Waals surface area contributed by atoms with E-state index in [1.807, 2.05) is 112 Å². The van der Waals surface area contributed by atoms with Crippen molar-refractivity contribution in [3.63, 3.8) is 0 Å². The van der Waals surface area contributed by atoms with Crippen molar-refractivity contribution in [1.29, 1.82) is 0 Å². The van der Waals surface area contributed by atoms with E-state index in [9.17, 15) is 10.2 Å². The molecule has 6 atom stereocenters. The Bertz CT molecular complexity index is 1380. The van der Waals surface area contributed by atoms with Crippen molar-refractivity contribution in [1.82, 2.24) is 0 Å². The van der Waals surface area contributed by atoms with E-state index in [2.05, 4.69) is 0 Å². The smallest absolute Gasteiger partial charge is 0.205 e. The molecule has 0 radical (unpaired) electrons. The van der Waals surface area contributed by atoms with Gasteiger partial charge in [0.2, 0.25) is 5.79 Å². The minimum Gasteiger partial charge on any atom is -0.497 e. The van der Waals surface area contributed by atoms with Crippen molar-refractivity contribution in [3.8, 4) is 11.5 Å². The van der Waals surface area contributed by atoms with Gasteiger partial charge in [-0.25, -0.2) is 0 Å². The highest BCUT2D eigenvalue weighted by molar-refractivity contribution is 5.27. The van der Waals surface area contributed by atoms with Crippen molar-refractivity contribution in [2.24, 2.45) is 5.41 Å². The number of aliphatic hydroxyl groups excluding tert-OH is 2. The standard InChI is InChI=1S/C39H52O9/c1-28(46-26-29-11-8-7-9-12-29)36(47-27-31-15-19-33(43-5)20-16-31)24-34-23-35(40)37(41)39(44-6,48-34)38(2,3)21-10-22-45-25-30-13-17-32(42-4)18-14-30/h7-21,28,34-37,40-41H,22-27H2,1-6H3/t28-,34?,35+,36-,37+,39-/m1/s1. The number of hydrogen-bond acceptors (Lipinski definition) is 9. The fourth-order valence-electron chi connectivity index (χ4n) is 6.04. The number of hydrogen-bond donors (Lipinski definition) is 2. The molecular formula is C39H52O9. The van der Waals surface area contributed by atoms with Gasteiger partial charge in [-0.05, 0) is 47.9 Å². The lowest BCUT2D eigenvalue weighted by molar-refractivity contribution is -0.367. The molecule has 9 nitrogen and oxygen atoms in total. The van der Waals surface area contributed by atoms with Crippen LogP contribution in [0.3, 0.4) is 0 Å². The molecule has 1 unspecified atom stereocenters. The molecule has 1 saturated heterocycles.